The molecule has 0 saturated carbocycles. The SMILES string of the molecule is O=C(CCCCCCC(=O)OC1C=CCCC1)OC1C=CCCC1. The molecule has 2 aliphatic rings. The molecule has 4 heteroatoms. The summed E-state index contributed by atoms with van der Waals surface area (Å²) in [4.78, 5) is 23.5. The number of unbranched alkanes of at least 4 members (excludes halogenated alkanes) is 3. The third kappa shape index (κ3) is 7.80. The van der Waals surface area contributed by atoms with E-state index in [9.17, 15) is 9.59 Å². The van der Waals surface area contributed by atoms with Gasteiger partial charge in [0.25, 0.3) is 0 Å². The van der Waals surface area contributed by atoms with Gasteiger partial charge in [0.2, 0.25) is 0 Å². The minimum atomic E-state index is -0.102. The number of carbonyl (C=O) groups excluding carboxylic acids is 2. The molecular formula is C20H30O4. The fourth-order valence-corrected chi connectivity index (χ4v) is 3.11. The Hall–Kier alpha value is -1.58. The standard InChI is InChI=1S/C20H30O4/c21-19(23-17-11-5-3-6-12-17)15-9-1-2-10-16-20(22)24-18-13-7-4-8-14-18/h5,7,11,13,17-18H,1-4,6,8-10,12,14-16H2. The van der Waals surface area contributed by atoms with Gasteiger partial charge in [-0.05, 0) is 63.5 Å². The van der Waals surface area contributed by atoms with Crippen LogP contribution in [0.15, 0.2) is 24.3 Å². The van der Waals surface area contributed by atoms with Crippen molar-refractivity contribution in [3.05, 3.63) is 24.3 Å². The lowest BCUT2D eigenvalue weighted by Gasteiger charge is -2.17. The van der Waals surface area contributed by atoms with Gasteiger partial charge in [0.15, 0.2) is 0 Å². The summed E-state index contributed by atoms with van der Waals surface area (Å²) in [5.74, 6) is -0.204. The van der Waals surface area contributed by atoms with E-state index in [-0.39, 0.29) is 24.1 Å². The number of ether oxygens (including phenoxy) is 2. The summed E-state index contributed by atoms with van der Waals surface area (Å²) in [6.07, 6.45) is 18.9. The maximum Gasteiger partial charge on any atom is 0.306 e. The van der Waals surface area contributed by atoms with Gasteiger partial charge in [-0.15, -0.1) is 0 Å². The Morgan fingerprint density at radius 2 is 1.21 bits per heavy atom. The Kier molecular flexibility index (Phi) is 8.64. The molecule has 2 atom stereocenters. The van der Waals surface area contributed by atoms with Crippen LogP contribution in [-0.4, -0.2) is 24.1 Å². The monoisotopic (exact) mass is 334 g/mol. The molecule has 0 aromatic carbocycles. The van der Waals surface area contributed by atoms with E-state index in [0.29, 0.717) is 12.8 Å². The van der Waals surface area contributed by atoms with E-state index in [2.05, 4.69) is 12.2 Å². The second-order valence-corrected chi connectivity index (χ2v) is 6.69. The maximum atomic E-state index is 11.7. The summed E-state index contributed by atoms with van der Waals surface area (Å²) in [6, 6.07) is 0. The molecule has 0 aromatic rings. The number of carbonyl (C=O) groups is 2. The van der Waals surface area contributed by atoms with E-state index < -0.39 is 0 Å². The molecule has 24 heavy (non-hydrogen) atoms. The molecule has 2 unspecified atom stereocenters. The van der Waals surface area contributed by atoms with Crippen LogP contribution in [-0.2, 0) is 19.1 Å². The molecule has 0 aliphatic heterocycles. The fourth-order valence-electron chi connectivity index (χ4n) is 3.11. The minimum Gasteiger partial charge on any atom is -0.458 e. The summed E-state index contributed by atoms with van der Waals surface area (Å²) < 4.78 is 10.8. The van der Waals surface area contributed by atoms with Crippen molar-refractivity contribution in [1.82, 2.24) is 0 Å². The Morgan fingerprint density at radius 1 is 0.750 bits per heavy atom. The van der Waals surface area contributed by atoms with Gasteiger partial charge in [-0.25, -0.2) is 0 Å². The molecule has 0 aromatic heterocycles. The Labute approximate surface area is 145 Å². The Balaban J connectivity index is 1.44. The van der Waals surface area contributed by atoms with Crippen LogP contribution >= 0.6 is 0 Å². The summed E-state index contributed by atoms with van der Waals surface area (Å²) in [5, 5.41) is 0. The van der Waals surface area contributed by atoms with Crippen LogP contribution in [0.1, 0.15) is 77.0 Å². The van der Waals surface area contributed by atoms with Crippen LogP contribution in [0.4, 0.5) is 0 Å². The zero-order valence-electron chi connectivity index (χ0n) is 14.6. The predicted molar refractivity (Wildman–Crippen MR) is 93.4 cm³/mol. The van der Waals surface area contributed by atoms with Crippen molar-refractivity contribution in [3.8, 4) is 0 Å². The average Bonchev–Trinajstić information content (AvgIpc) is 2.60. The highest BCUT2D eigenvalue weighted by molar-refractivity contribution is 5.70. The molecule has 0 spiro atoms. The normalized spacial score (nSPS) is 23.0. The smallest absolute Gasteiger partial charge is 0.306 e. The van der Waals surface area contributed by atoms with Crippen LogP contribution in [0.3, 0.4) is 0 Å². The first-order chi connectivity index (χ1) is 11.7. The van der Waals surface area contributed by atoms with Crippen LogP contribution < -0.4 is 0 Å². The summed E-state index contributed by atoms with van der Waals surface area (Å²) in [6.45, 7) is 0. The molecule has 2 aliphatic carbocycles. The summed E-state index contributed by atoms with van der Waals surface area (Å²) >= 11 is 0. The molecule has 2 rings (SSSR count). The van der Waals surface area contributed by atoms with Gasteiger partial charge in [0.1, 0.15) is 12.2 Å². The van der Waals surface area contributed by atoms with Crippen molar-refractivity contribution < 1.29 is 19.1 Å². The average molecular weight is 334 g/mol. The third-order valence-electron chi connectivity index (χ3n) is 4.50. The van der Waals surface area contributed by atoms with Gasteiger partial charge in [0, 0.05) is 12.8 Å². The van der Waals surface area contributed by atoms with Crippen LogP contribution in [0.2, 0.25) is 0 Å². The van der Waals surface area contributed by atoms with Crippen LogP contribution in [0.25, 0.3) is 0 Å². The molecule has 0 heterocycles. The molecule has 0 fully saturated rings. The second-order valence-electron chi connectivity index (χ2n) is 6.69. The largest absolute Gasteiger partial charge is 0.458 e. The van der Waals surface area contributed by atoms with E-state index in [1.54, 1.807) is 0 Å². The first kappa shape index (κ1) is 18.8. The van der Waals surface area contributed by atoms with E-state index in [4.69, 9.17) is 9.47 Å². The molecule has 0 amide bonds. The number of hydrogen-bond donors (Lipinski definition) is 0. The number of rotatable bonds is 9. The van der Waals surface area contributed by atoms with Crippen molar-refractivity contribution in [1.29, 1.82) is 0 Å². The number of esters is 2. The molecule has 0 N–H and O–H groups in total. The van der Waals surface area contributed by atoms with E-state index in [0.717, 1.165) is 64.2 Å². The summed E-state index contributed by atoms with van der Waals surface area (Å²) in [5.41, 5.74) is 0. The zero-order chi connectivity index (χ0) is 17.0. The Bertz CT molecular complexity index is 411. The van der Waals surface area contributed by atoms with Crippen molar-refractivity contribution in [2.24, 2.45) is 0 Å². The van der Waals surface area contributed by atoms with Crippen LogP contribution in [0, 0.1) is 0 Å². The molecule has 0 radical (unpaired) electrons. The highest BCUT2D eigenvalue weighted by atomic mass is 16.5. The van der Waals surface area contributed by atoms with E-state index in [1.165, 1.54) is 0 Å². The first-order valence-corrected chi connectivity index (χ1v) is 9.46. The van der Waals surface area contributed by atoms with Crippen molar-refractivity contribution >= 4 is 11.9 Å². The van der Waals surface area contributed by atoms with Crippen LogP contribution in [0.5, 0.6) is 0 Å². The van der Waals surface area contributed by atoms with Crippen molar-refractivity contribution in [2.45, 2.75) is 89.3 Å². The lowest BCUT2D eigenvalue weighted by molar-refractivity contribution is -0.148. The molecule has 134 valence electrons. The van der Waals surface area contributed by atoms with E-state index >= 15 is 0 Å². The fraction of sp³-hybridized carbons (Fsp3) is 0.700. The summed E-state index contributed by atoms with van der Waals surface area (Å²) in [7, 11) is 0. The minimum absolute atomic E-state index is 0.0187. The van der Waals surface area contributed by atoms with Gasteiger partial charge in [-0.3, -0.25) is 9.59 Å². The third-order valence-corrected chi connectivity index (χ3v) is 4.50. The molecular weight excluding hydrogens is 304 g/mol. The zero-order valence-corrected chi connectivity index (χ0v) is 14.6. The number of allylic oxidation sites excluding steroid dienone is 2. The molecule has 0 bridgehead atoms. The van der Waals surface area contributed by atoms with Crippen molar-refractivity contribution in [2.75, 3.05) is 0 Å². The van der Waals surface area contributed by atoms with Crippen molar-refractivity contribution in [3.63, 3.8) is 0 Å². The Morgan fingerprint density at radius 3 is 1.58 bits per heavy atom. The van der Waals surface area contributed by atoms with Gasteiger partial charge in [0.05, 0.1) is 0 Å². The van der Waals surface area contributed by atoms with Gasteiger partial charge in [-0.2, -0.15) is 0 Å². The first-order valence-electron chi connectivity index (χ1n) is 9.46. The highest BCUT2D eigenvalue weighted by Gasteiger charge is 2.14. The predicted octanol–water partition coefficient (Wildman–Crippen LogP) is 4.63. The molecule has 0 saturated heterocycles. The lowest BCUT2D eigenvalue weighted by atomic mass is 10.1. The van der Waals surface area contributed by atoms with Gasteiger partial charge >= 0.3 is 11.9 Å². The number of hydrogen-bond acceptors (Lipinski definition) is 4. The van der Waals surface area contributed by atoms with Gasteiger partial charge < -0.3 is 9.47 Å². The topological polar surface area (TPSA) is 52.6 Å². The maximum absolute atomic E-state index is 11.7. The van der Waals surface area contributed by atoms with Gasteiger partial charge in [-0.1, -0.05) is 25.0 Å². The highest BCUT2D eigenvalue weighted by Crippen LogP contribution is 2.16. The second kappa shape index (κ2) is 11.1. The van der Waals surface area contributed by atoms with E-state index in [1.807, 2.05) is 12.2 Å². The molecule has 4 nitrogen and oxygen atoms in total. The lowest BCUT2D eigenvalue weighted by Crippen LogP contribution is -2.17. The quantitative estimate of drug-likeness (QED) is 0.350.